The summed E-state index contributed by atoms with van der Waals surface area (Å²) in [5.41, 5.74) is 0.882. The van der Waals surface area contributed by atoms with Crippen LogP contribution in [0.1, 0.15) is 38.7 Å². The highest BCUT2D eigenvalue weighted by Crippen LogP contribution is 2.36. The predicted octanol–water partition coefficient (Wildman–Crippen LogP) is 2.37. The lowest BCUT2D eigenvalue weighted by Gasteiger charge is -2.39. The third kappa shape index (κ3) is 5.02. The van der Waals surface area contributed by atoms with E-state index in [9.17, 15) is 9.59 Å². The van der Waals surface area contributed by atoms with Gasteiger partial charge in [0, 0.05) is 19.1 Å². The fourth-order valence-corrected chi connectivity index (χ4v) is 2.77. The molecule has 0 spiro atoms. The summed E-state index contributed by atoms with van der Waals surface area (Å²) in [6, 6.07) is 8.40. The summed E-state index contributed by atoms with van der Waals surface area (Å²) in [5, 5.41) is 9.57. The topological polar surface area (TPSA) is 102 Å². The maximum absolute atomic E-state index is 11.4. The van der Waals surface area contributed by atoms with Crippen LogP contribution in [0.3, 0.4) is 0 Å². The van der Waals surface area contributed by atoms with E-state index in [1.54, 1.807) is 6.92 Å². The van der Waals surface area contributed by atoms with Crippen molar-refractivity contribution >= 4 is 12.4 Å². The number of hydrazine groups is 1. The van der Waals surface area contributed by atoms with E-state index in [4.69, 9.17) is 20.4 Å². The fourth-order valence-electron chi connectivity index (χ4n) is 2.77. The molecule has 0 heterocycles. The van der Waals surface area contributed by atoms with Crippen LogP contribution < -0.4 is 5.84 Å². The van der Waals surface area contributed by atoms with Crippen molar-refractivity contribution in [1.82, 2.24) is 5.01 Å². The minimum absolute atomic E-state index is 0.146. The van der Waals surface area contributed by atoms with Crippen LogP contribution in [0.5, 0.6) is 0 Å². The van der Waals surface area contributed by atoms with E-state index in [0.29, 0.717) is 24.5 Å². The molecule has 2 atom stereocenters. The van der Waals surface area contributed by atoms with Gasteiger partial charge in [0.1, 0.15) is 12.3 Å². The first-order valence-electron chi connectivity index (χ1n) is 7.94. The first kappa shape index (κ1) is 20.1. The molecule has 1 amide bonds. The Bertz CT molecular complexity index is 517. The number of carboxylic acid groups (broad SMARTS) is 1. The molecule has 0 aliphatic rings. The number of amides is 1. The van der Waals surface area contributed by atoms with Crippen LogP contribution in [0.15, 0.2) is 30.3 Å². The fraction of sp³-hybridized carbons (Fsp3) is 0.529. The quantitative estimate of drug-likeness (QED) is 0.223. The van der Waals surface area contributed by atoms with Crippen molar-refractivity contribution in [2.24, 2.45) is 5.84 Å². The second-order valence-electron chi connectivity index (χ2n) is 5.47. The molecule has 0 aliphatic carbocycles. The Balaban J connectivity index is 3.22. The van der Waals surface area contributed by atoms with Gasteiger partial charge in [-0.15, -0.1) is 0 Å². The van der Waals surface area contributed by atoms with Crippen molar-refractivity contribution in [3.8, 4) is 0 Å². The zero-order valence-electron chi connectivity index (χ0n) is 14.3. The molecule has 0 aliphatic heterocycles. The van der Waals surface area contributed by atoms with Gasteiger partial charge in [-0.3, -0.25) is 0 Å². The summed E-state index contributed by atoms with van der Waals surface area (Å²) in [4.78, 5) is 22.5. The first-order chi connectivity index (χ1) is 11.4. The predicted molar refractivity (Wildman–Crippen MR) is 89.4 cm³/mol. The molecule has 0 aromatic heterocycles. The van der Waals surface area contributed by atoms with Crippen molar-refractivity contribution in [3.63, 3.8) is 0 Å². The smallest absolute Gasteiger partial charge is 0.422 e. The summed E-state index contributed by atoms with van der Waals surface area (Å²) in [7, 11) is 0. The van der Waals surface area contributed by atoms with Gasteiger partial charge in [0.05, 0.1) is 0 Å². The van der Waals surface area contributed by atoms with E-state index in [2.05, 4.69) is 0 Å². The molecule has 0 saturated carbocycles. The molecule has 1 aromatic rings. The molecule has 7 nitrogen and oxygen atoms in total. The Morgan fingerprint density at radius 2 is 1.83 bits per heavy atom. The lowest BCUT2D eigenvalue weighted by molar-refractivity contribution is -0.237. The second-order valence-corrected chi connectivity index (χ2v) is 5.47. The van der Waals surface area contributed by atoms with E-state index in [0.717, 1.165) is 5.56 Å². The van der Waals surface area contributed by atoms with Gasteiger partial charge in [0.2, 0.25) is 0 Å². The van der Waals surface area contributed by atoms with Gasteiger partial charge in [-0.1, -0.05) is 30.3 Å². The van der Waals surface area contributed by atoms with Crippen molar-refractivity contribution in [1.29, 1.82) is 0 Å². The number of carbonyl (C=O) groups excluding carboxylic acids is 1. The van der Waals surface area contributed by atoms with Gasteiger partial charge < -0.3 is 19.4 Å². The largest absolute Gasteiger partial charge is 0.464 e. The van der Waals surface area contributed by atoms with E-state index >= 15 is 0 Å². The Kier molecular flexibility index (Phi) is 7.84. The maximum atomic E-state index is 11.4. The highest BCUT2D eigenvalue weighted by molar-refractivity contribution is 5.71. The number of benzene rings is 1. The van der Waals surface area contributed by atoms with Gasteiger partial charge >= 0.3 is 6.09 Å². The van der Waals surface area contributed by atoms with E-state index in [-0.39, 0.29) is 12.3 Å². The Hall–Kier alpha value is -1.96. The number of hydrogen-bond acceptors (Lipinski definition) is 5. The standard InChI is InChI=1S/C17H26N2O5/c1-4-23-17(3,24-5-2)15(13-9-7-6-8-10-13)11-14(12-20)19(18)16(21)22/h6-10,12,14-15H,4-5,11,18H2,1-3H3,(H,21,22). The lowest BCUT2D eigenvalue weighted by atomic mass is 9.85. The number of nitrogens with two attached hydrogens (primary N) is 1. The van der Waals surface area contributed by atoms with E-state index in [1.165, 1.54) is 0 Å². The van der Waals surface area contributed by atoms with E-state index in [1.807, 2.05) is 44.2 Å². The van der Waals surface area contributed by atoms with Crippen LogP contribution in [-0.2, 0) is 14.3 Å². The van der Waals surface area contributed by atoms with E-state index < -0.39 is 17.9 Å². The lowest BCUT2D eigenvalue weighted by Crippen LogP contribution is -2.49. The van der Waals surface area contributed by atoms with Gasteiger partial charge in [-0.05, 0) is 32.8 Å². The SMILES string of the molecule is CCOC(C)(OCC)C(CC(C=O)N(N)C(=O)O)c1ccccc1. The molecule has 0 fully saturated rings. The minimum atomic E-state index is -1.37. The number of ether oxygens (including phenoxy) is 2. The van der Waals surface area contributed by atoms with Gasteiger partial charge in [0.15, 0.2) is 5.79 Å². The summed E-state index contributed by atoms with van der Waals surface area (Å²) in [6.07, 6.45) is -0.691. The van der Waals surface area contributed by atoms with Gasteiger partial charge in [0.25, 0.3) is 0 Å². The third-order valence-corrected chi connectivity index (χ3v) is 3.91. The average Bonchev–Trinajstić information content (AvgIpc) is 2.56. The molecular weight excluding hydrogens is 312 g/mol. The average molecular weight is 338 g/mol. The number of aldehydes is 1. The van der Waals surface area contributed by atoms with Crippen LogP contribution >= 0.6 is 0 Å². The second kappa shape index (κ2) is 9.36. The number of nitrogens with zero attached hydrogens (tertiary/aromatic N) is 1. The molecule has 134 valence electrons. The van der Waals surface area contributed by atoms with Crippen molar-refractivity contribution < 1.29 is 24.2 Å². The molecule has 7 heteroatoms. The monoisotopic (exact) mass is 338 g/mol. The highest BCUT2D eigenvalue weighted by Gasteiger charge is 2.39. The first-order valence-corrected chi connectivity index (χ1v) is 7.94. The highest BCUT2D eigenvalue weighted by atomic mass is 16.7. The normalized spacial score (nSPS) is 14.0. The van der Waals surface area contributed by atoms with Crippen LogP contribution in [0.25, 0.3) is 0 Å². The molecule has 3 N–H and O–H groups in total. The number of rotatable bonds is 10. The van der Waals surface area contributed by atoms with Crippen molar-refractivity contribution in [2.45, 2.75) is 44.9 Å². The summed E-state index contributed by atoms with van der Waals surface area (Å²) in [5.74, 6) is 4.13. The molecule has 0 saturated heterocycles. The van der Waals surface area contributed by atoms with Crippen LogP contribution in [0, 0.1) is 0 Å². The van der Waals surface area contributed by atoms with Crippen molar-refractivity contribution in [3.05, 3.63) is 35.9 Å². The molecule has 1 aromatic carbocycles. The molecule has 1 rings (SSSR count). The van der Waals surface area contributed by atoms with Crippen LogP contribution in [0.4, 0.5) is 4.79 Å². The van der Waals surface area contributed by atoms with Crippen LogP contribution in [-0.4, -0.2) is 47.5 Å². The minimum Gasteiger partial charge on any atom is -0.464 e. The zero-order chi connectivity index (χ0) is 18.2. The Morgan fingerprint density at radius 1 is 1.29 bits per heavy atom. The molecule has 0 bridgehead atoms. The number of hydrogen-bond donors (Lipinski definition) is 2. The Morgan fingerprint density at radius 3 is 2.25 bits per heavy atom. The summed E-state index contributed by atoms with van der Waals surface area (Å²) in [6.45, 7) is 6.32. The Labute approximate surface area is 142 Å². The molecule has 24 heavy (non-hydrogen) atoms. The maximum Gasteiger partial charge on any atom is 0.422 e. The molecule has 2 unspecified atom stereocenters. The van der Waals surface area contributed by atoms with Crippen molar-refractivity contribution in [2.75, 3.05) is 13.2 Å². The molecule has 0 radical (unpaired) electrons. The summed E-state index contributed by atoms with van der Waals surface area (Å²) < 4.78 is 11.7. The van der Waals surface area contributed by atoms with Gasteiger partial charge in [-0.25, -0.2) is 15.6 Å². The number of carbonyl (C=O) groups is 2. The van der Waals surface area contributed by atoms with Gasteiger partial charge in [-0.2, -0.15) is 0 Å². The zero-order valence-corrected chi connectivity index (χ0v) is 14.3. The third-order valence-electron chi connectivity index (χ3n) is 3.91. The summed E-state index contributed by atoms with van der Waals surface area (Å²) >= 11 is 0. The van der Waals surface area contributed by atoms with Crippen LogP contribution in [0.2, 0.25) is 0 Å². The molecular formula is C17H26N2O5.